The Morgan fingerprint density at radius 1 is 1.08 bits per heavy atom. The van der Waals surface area contributed by atoms with Crippen molar-refractivity contribution in [3.8, 4) is 0 Å². The molecule has 2 atom stereocenters. The van der Waals surface area contributed by atoms with Crippen LogP contribution in [0.2, 0.25) is 0 Å². The van der Waals surface area contributed by atoms with Crippen LogP contribution in [0.3, 0.4) is 0 Å². The van der Waals surface area contributed by atoms with Gasteiger partial charge in [0.2, 0.25) is 5.91 Å². The normalized spacial score (nSPS) is 18.0. The number of benzene rings is 1. The van der Waals surface area contributed by atoms with Crippen molar-refractivity contribution >= 4 is 15.7 Å². The summed E-state index contributed by atoms with van der Waals surface area (Å²) < 4.78 is 26.5. The largest absolute Gasteiger partial charge is 0.342 e. The van der Waals surface area contributed by atoms with E-state index in [0.717, 1.165) is 44.3 Å². The highest BCUT2D eigenvalue weighted by Gasteiger charge is 2.39. The lowest BCUT2D eigenvalue weighted by Crippen LogP contribution is -2.45. The second kappa shape index (κ2) is 8.84. The lowest BCUT2D eigenvalue weighted by atomic mass is 9.96. The van der Waals surface area contributed by atoms with Crippen LogP contribution in [0.5, 0.6) is 0 Å². The third-order valence-corrected chi connectivity index (χ3v) is 7.49. The molecule has 25 heavy (non-hydrogen) atoms. The van der Waals surface area contributed by atoms with E-state index >= 15 is 0 Å². The summed E-state index contributed by atoms with van der Waals surface area (Å²) in [7, 11) is -3.52. The number of sulfone groups is 1. The molecule has 5 heteroatoms. The van der Waals surface area contributed by atoms with Gasteiger partial charge in [0.15, 0.2) is 9.84 Å². The topological polar surface area (TPSA) is 54.5 Å². The van der Waals surface area contributed by atoms with Crippen LogP contribution in [0.15, 0.2) is 29.2 Å². The van der Waals surface area contributed by atoms with Gasteiger partial charge in [-0.05, 0) is 51.2 Å². The predicted octanol–water partition coefficient (Wildman–Crippen LogP) is 3.98. The van der Waals surface area contributed by atoms with Gasteiger partial charge in [-0.25, -0.2) is 8.42 Å². The fraction of sp³-hybridized carbons (Fsp3) is 0.650. The van der Waals surface area contributed by atoms with Gasteiger partial charge in [0.05, 0.1) is 16.1 Å². The monoisotopic (exact) mass is 365 g/mol. The zero-order valence-corrected chi connectivity index (χ0v) is 16.5. The summed E-state index contributed by atoms with van der Waals surface area (Å²) in [4.78, 5) is 15.3. The number of amides is 1. The number of hydrogen-bond donors (Lipinski definition) is 0. The van der Waals surface area contributed by atoms with E-state index in [0.29, 0.717) is 17.7 Å². The maximum Gasteiger partial charge on any atom is 0.226 e. The molecule has 0 saturated carbocycles. The molecule has 0 N–H and O–H groups in total. The lowest BCUT2D eigenvalue weighted by molar-refractivity contribution is -0.136. The maximum atomic E-state index is 13.3. The molecule has 1 fully saturated rings. The Morgan fingerprint density at radius 2 is 1.68 bits per heavy atom. The van der Waals surface area contributed by atoms with Crippen LogP contribution < -0.4 is 0 Å². The summed E-state index contributed by atoms with van der Waals surface area (Å²) in [6.45, 7) is 7.38. The number of piperidine rings is 1. The molecule has 1 aromatic rings. The SMILES string of the molecule is CCCC([C@@H](CC)C(=O)N1CCCCC1)S(=O)(=O)c1ccc(C)cc1. The Kier molecular flexibility index (Phi) is 7.05. The molecule has 140 valence electrons. The molecule has 1 aliphatic rings. The van der Waals surface area contributed by atoms with Crippen molar-refractivity contribution < 1.29 is 13.2 Å². The van der Waals surface area contributed by atoms with Gasteiger partial charge < -0.3 is 4.90 Å². The number of nitrogens with zero attached hydrogens (tertiary/aromatic N) is 1. The molecular formula is C20H31NO3S. The van der Waals surface area contributed by atoms with Crippen molar-refractivity contribution in [3.63, 3.8) is 0 Å². The van der Waals surface area contributed by atoms with Gasteiger partial charge in [0.25, 0.3) is 0 Å². The van der Waals surface area contributed by atoms with Gasteiger partial charge in [0.1, 0.15) is 0 Å². The number of aryl methyl sites for hydroxylation is 1. The first-order valence-electron chi connectivity index (χ1n) is 9.51. The number of rotatable bonds is 7. The van der Waals surface area contributed by atoms with Gasteiger partial charge in [0, 0.05) is 13.1 Å². The van der Waals surface area contributed by atoms with Crippen LogP contribution in [0.25, 0.3) is 0 Å². The van der Waals surface area contributed by atoms with Crippen LogP contribution in [0.4, 0.5) is 0 Å². The van der Waals surface area contributed by atoms with Crippen molar-refractivity contribution in [2.75, 3.05) is 13.1 Å². The Labute approximate surface area is 152 Å². The highest BCUT2D eigenvalue weighted by Crippen LogP contribution is 2.29. The number of carbonyl (C=O) groups is 1. The highest BCUT2D eigenvalue weighted by molar-refractivity contribution is 7.92. The molecule has 1 aromatic carbocycles. The molecule has 1 heterocycles. The van der Waals surface area contributed by atoms with Gasteiger partial charge in [-0.2, -0.15) is 0 Å². The number of hydrogen-bond acceptors (Lipinski definition) is 3. The fourth-order valence-corrected chi connectivity index (χ4v) is 5.86. The zero-order valence-electron chi connectivity index (χ0n) is 15.7. The molecule has 0 radical (unpaired) electrons. The molecule has 2 rings (SSSR count). The molecule has 0 aliphatic carbocycles. The Bertz CT molecular complexity index is 661. The first-order chi connectivity index (χ1) is 11.9. The van der Waals surface area contributed by atoms with E-state index in [4.69, 9.17) is 0 Å². The van der Waals surface area contributed by atoms with Crippen LogP contribution in [-0.2, 0) is 14.6 Å². The second-order valence-electron chi connectivity index (χ2n) is 7.09. The maximum absolute atomic E-state index is 13.3. The molecular weight excluding hydrogens is 334 g/mol. The average Bonchev–Trinajstić information content (AvgIpc) is 2.62. The van der Waals surface area contributed by atoms with Crippen molar-refractivity contribution in [2.45, 2.75) is 69.4 Å². The summed E-state index contributed by atoms with van der Waals surface area (Å²) in [6, 6.07) is 6.99. The van der Waals surface area contributed by atoms with Crippen LogP contribution in [0, 0.1) is 12.8 Å². The zero-order chi connectivity index (χ0) is 18.4. The third-order valence-electron chi connectivity index (χ3n) is 5.19. The third kappa shape index (κ3) is 4.63. The van der Waals surface area contributed by atoms with Gasteiger partial charge in [-0.1, -0.05) is 38.0 Å². The molecule has 1 aliphatic heterocycles. The van der Waals surface area contributed by atoms with E-state index in [1.165, 1.54) is 0 Å². The molecule has 1 amide bonds. The van der Waals surface area contributed by atoms with E-state index in [1.807, 2.05) is 37.8 Å². The summed E-state index contributed by atoms with van der Waals surface area (Å²) >= 11 is 0. The minimum Gasteiger partial charge on any atom is -0.342 e. The van der Waals surface area contributed by atoms with Crippen LogP contribution >= 0.6 is 0 Å². The van der Waals surface area contributed by atoms with E-state index in [-0.39, 0.29) is 5.91 Å². The van der Waals surface area contributed by atoms with E-state index in [9.17, 15) is 13.2 Å². The molecule has 0 bridgehead atoms. The summed E-state index contributed by atoms with van der Waals surface area (Å²) in [5, 5.41) is -0.639. The Morgan fingerprint density at radius 3 is 2.20 bits per heavy atom. The van der Waals surface area contributed by atoms with E-state index in [1.54, 1.807) is 12.1 Å². The van der Waals surface area contributed by atoms with Crippen molar-refractivity contribution in [3.05, 3.63) is 29.8 Å². The smallest absolute Gasteiger partial charge is 0.226 e. The molecule has 0 spiro atoms. The Balaban J connectivity index is 2.32. The minimum atomic E-state index is -3.52. The van der Waals surface area contributed by atoms with Crippen LogP contribution in [-0.4, -0.2) is 37.6 Å². The van der Waals surface area contributed by atoms with Gasteiger partial charge in [-0.3, -0.25) is 4.79 Å². The van der Waals surface area contributed by atoms with Gasteiger partial charge >= 0.3 is 0 Å². The second-order valence-corrected chi connectivity index (χ2v) is 9.25. The molecule has 1 unspecified atom stereocenters. The van der Waals surface area contributed by atoms with Gasteiger partial charge in [-0.15, -0.1) is 0 Å². The van der Waals surface area contributed by atoms with Crippen molar-refractivity contribution in [2.24, 2.45) is 5.92 Å². The molecule has 4 nitrogen and oxygen atoms in total. The highest BCUT2D eigenvalue weighted by atomic mass is 32.2. The summed E-state index contributed by atoms with van der Waals surface area (Å²) in [5.41, 5.74) is 1.03. The molecule has 1 saturated heterocycles. The predicted molar refractivity (Wildman–Crippen MR) is 101 cm³/mol. The quantitative estimate of drug-likeness (QED) is 0.734. The Hall–Kier alpha value is -1.36. The first-order valence-corrected chi connectivity index (χ1v) is 11.1. The first kappa shape index (κ1) is 20.0. The molecule has 0 aromatic heterocycles. The fourth-order valence-electron chi connectivity index (χ4n) is 3.71. The number of likely N-dealkylation sites (tertiary alicyclic amines) is 1. The van der Waals surface area contributed by atoms with Crippen LogP contribution in [0.1, 0.15) is 57.9 Å². The van der Waals surface area contributed by atoms with E-state index < -0.39 is 21.0 Å². The number of carbonyl (C=O) groups excluding carboxylic acids is 1. The van der Waals surface area contributed by atoms with E-state index in [2.05, 4.69) is 0 Å². The lowest BCUT2D eigenvalue weighted by Gasteiger charge is -2.33. The minimum absolute atomic E-state index is 0.0244. The summed E-state index contributed by atoms with van der Waals surface area (Å²) in [5.74, 6) is -0.430. The summed E-state index contributed by atoms with van der Waals surface area (Å²) in [6.07, 6.45) is 5.02. The van der Waals surface area contributed by atoms with Crippen molar-refractivity contribution in [1.29, 1.82) is 0 Å². The average molecular weight is 366 g/mol. The van der Waals surface area contributed by atoms with Crippen molar-refractivity contribution in [1.82, 2.24) is 4.90 Å². The standard InChI is InChI=1S/C20H31NO3S/c1-4-9-19(25(23,24)17-12-10-16(3)11-13-17)18(5-2)20(22)21-14-7-6-8-15-21/h10-13,18-19H,4-9,14-15H2,1-3H3/t18-,19?/m1/s1.